The van der Waals surface area contributed by atoms with Crippen molar-refractivity contribution in [1.82, 2.24) is 0 Å². The van der Waals surface area contributed by atoms with Crippen molar-refractivity contribution >= 4 is 35.5 Å². The summed E-state index contributed by atoms with van der Waals surface area (Å²) in [4.78, 5) is 9.24. The molecule has 0 unspecified atom stereocenters. The van der Waals surface area contributed by atoms with Gasteiger partial charge < -0.3 is 25.8 Å². The molecule has 76 valence electrons. The molecule has 0 spiro atoms. The number of hydrogen-bond donors (Lipinski definition) is 4. The van der Waals surface area contributed by atoms with E-state index in [0.29, 0.717) is 13.2 Å². The van der Waals surface area contributed by atoms with E-state index in [4.69, 9.17) is 15.3 Å². The number of aliphatic hydroxyl groups is 2. The zero-order valence-electron chi connectivity index (χ0n) is 6.77. The molecule has 0 fully saturated rings. The standard InChI is InChI=1S/C4H10O3.C2H5NO2.Na.H/c5-1-3-7-4-2-6;3-1-2(4)5;;/h5-6H,1-4H2;1,3H2,(H,4,5);;. The summed E-state index contributed by atoms with van der Waals surface area (Å²) in [6.07, 6.45) is 0. The van der Waals surface area contributed by atoms with Crippen molar-refractivity contribution in [3.05, 3.63) is 0 Å². The van der Waals surface area contributed by atoms with E-state index in [9.17, 15) is 4.79 Å². The fourth-order valence-electron chi connectivity index (χ4n) is 0.231. The minimum atomic E-state index is -0.968. The molecule has 0 atom stereocenters. The van der Waals surface area contributed by atoms with Gasteiger partial charge in [0, 0.05) is 0 Å². The van der Waals surface area contributed by atoms with Crippen LogP contribution in [0.3, 0.4) is 0 Å². The van der Waals surface area contributed by atoms with Gasteiger partial charge in [0.25, 0.3) is 0 Å². The van der Waals surface area contributed by atoms with E-state index >= 15 is 0 Å². The predicted octanol–water partition coefficient (Wildman–Crippen LogP) is -2.63. The number of rotatable bonds is 5. The van der Waals surface area contributed by atoms with Crippen LogP contribution in [0.15, 0.2) is 0 Å². The fourth-order valence-corrected chi connectivity index (χ4v) is 0.231. The number of aliphatic carboxylic acids is 1. The van der Waals surface area contributed by atoms with Crippen molar-refractivity contribution in [3.63, 3.8) is 0 Å². The maximum absolute atomic E-state index is 9.24. The molecule has 13 heavy (non-hydrogen) atoms. The Morgan fingerprint density at radius 2 is 1.54 bits per heavy atom. The molecule has 0 saturated carbocycles. The Morgan fingerprint density at radius 3 is 1.69 bits per heavy atom. The van der Waals surface area contributed by atoms with Crippen molar-refractivity contribution in [2.75, 3.05) is 33.0 Å². The summed E-state index contributed by atoms with van der Waals surface area (Å²) in [7, 11) is 0. The molecule has 0 saturated heterocycles. The number of hydrogen-bond acceptors (Lipinski definition) is 5. The van der Waals surface area contributed by atoms with Gasteiger partial charge in [-0.05, 0) is 0 Å². The topological polar surface area (TPSA) is 113 Å². The third-order valence-electron chi connectivity index (χ3n) is 0.646. The quantitative estimate of drug-likeness (QED) is 0.288. The molecule has 0 amide bonds. The fraction of sp³-hybridized carbons (Fsp3) is 0.833. The van der Waals surface area contributed by atoms with Crippen LogP contribution in [0.1, 0.15) is 0 Å². The summed E-state index contributed by atoms with van der Waals surface area (Å²) in [5, 5.41) is 23.8. The zero-order chi connectivity index (χ0) is 9.82. The number of carboxylic acid groups (broad SMARTS) is 1. The molecule has 0 rings (SSSR count). The average molecular weight is 205 g/mol. The second kappa shape index (κ2) is 18.2. The molecule has 0 aromatic heterocycles. The number of nitrogens with two attached hydrogens (primary N) is 1. The first-order chi connectivity index (χ1) is 5.68. The Kier molecular flexibility index (Phi) is 26.5. The molecule has 0 aliphatic rings. The first-order valence-electron chi connectivity index (χ1n) is 3.40. The van der Waals surface area contributed by atoms with Crippen LogP contribution in [0.5, 0.6) is 0 Å². The van der Waals surface area contributed by atoms with Crippen molar-refractivity contribution in [2.45, 2.75) is 0 Å². The molecule has 0 aliphatic carbocycles. The molecule has 0 aliphatic heterocycles. The van der Waals surface area contributed by atoms with Gasteiger partial charge in [-0.25, -0.2) is 0 Å². The molecule has 0 radical (unpaired) electrons. The second-order valence-electron chi connectivity index (χ2n) is 1.66. The molecular formula is C6H16NNaO5. The zero-order valence-corrected chi connectivity index (χ0v) is 6.77. The van der Waals surface area contributed by atoms with Crippen LogP contribution in [-0.2, 0) is 9.53 Å². The van der Waals surface area contributed by atoms with Crippen LogP contribution in [-0.4, -0.2) is 83.8 Å². The summed E-state index contributed by atoms with van der Waals surface area (Å²) in [6, 6.07) is 0. The van der Waals surface area contributed by atoms with Crippen LogP contribution >= 0.6 is 0 Å². The normalized spacial score (nSPS) is 7.92. The van der Waals surface area contributed by atoms with Crippen LogP contribution in [0.25, 0.3) is 0 Å². The number of carboxylic acids is 1. The van der Waals surface area contributed by atoms with Gasteiger partial charge in [-0.3, -0.25) is 4.79 Å². The average Bonchev–Trinajstić information content (AvgIpc) is 2.07. The van der Waals surface area contributed by atoms with E-state index in [2.05, 4.69) is 10.5 Å². The molecule has 5 N–H and O–H groups in total. The van der Waals surface area contributed by atoms with Gasteiger partial charge >= 0.3 is 35.5 Å². The van der Waals surface area contributed by atoms with Crippen molar-refractivity contribution < 1.29 is 24.9 Å². The molecule has 7 heteroatoms. The predicted molar refractivity (Wildman–Crippen MR) is 48.8 cm³/mol. The van der Waals surface area contributed by atoms with E-state index in [-0.39, 0.29) is 49.3 Å². The van der Waals surface area contributed by atoms with Gasteiger partial charge in [0.1, 0.15) is 0 Å². The van der Waals surface area contributed by atoms with Crippen molar-refractivity contribution in [3.8, 4) is 0 Å². The van der Waals surface area contributed by atoms with Crippen LogP contribution in [0.4, 0.5) is 0 Å². The summed E-state index contributed by atoms with van der Waals surface area (Å²) >= 11 is 0. The Morgan fingerprint density at radius 1 is 1.23 bits per heavy atom. The Hall–Kier alpha value is 0.310. The van der Waals surface area contributed by atoms with Crippen molar-refractivity contribution in [1.29, 1.82) is 0 Å². The van der Waals surface area contributed by atoms with Gasteiger partial charge in [-0.15, -0.1) is 0 Å². The monoisotopic (exact) mass is 205 g/mol. The number of carbonyl (C=O) groups is 1. The molecule has 0 bridgehead atoms. The summed E-state index contributed by atoms with van der Waals surface area (Å²) in [5.41, 5.74) is 4.57. The molecule has 0 aromatic carbocycles. The van der Waals surface area contributed by atoms with E-state index in [1.54, 1.807) is 0 Å². The summed E-state index contributed by atoms with van der Waals surface area (Å²) < 4.78 is 4.63. The van der Waals surface area contributed by atoms with Gasteiger partial charge in [0.15, 0.2) is 0 Å². The second-order valence-corrected chi connectivity index (χ2v) is 1.66. The van der Waals surface area contributed by atoms with E-state index in [1.807, 2.05) is 0 Å². The van der Waals surface area contributed by atoms with Gasteiger partial charge in [-0.2, -0.15) is 0 Å². The maximum atomic E-state index is 9.24. The van der Waals surface area contributed by atoms with Crippen LogP contribution < -0.4 is 5.73 Å². The number of ether oxygens (including phenoxy) is 1. The van der Waals surface area contributed by atoms with Gasteiger partial charge in [0.05, 0.1) is 33.0 Å². The van der Waals surface area contributed by atoms with E-state index in [0.717, 1.165) is 0 Å². The Balaban J connectivity index is -0.000000150. The van der Waals surface area contributed by atoms with Crippen LogP contribution in [0.2, 0.25) is 0 Å². The van der Waals surface area contributed by atoms with E-state index in [1.165, 1.54) is 0 Å². The molecule has 0 heterocycles. The first-order valence-corrected chi connectivity index (χ1v) is 3.40. The van der Waals surface area contributed by atoms with Crippen molar-refractivity contribution in [2.24, 2.45) is 5.73 Å². The summed E-state index contributed by atoms with van der Waals surface area (Å²) in [6.45, 7) is 0.418. The van der Waals surface area contributed by atoms with Gasteiger partial charge in [-0.1, -0.05) is 0 Å². The van der Waals surface area contributed by atoms with Crippen LogP contribution in [0, 0.1) is 0 Å². The third-order valence-corrected chi connectivity index (χ3v) is 0.646. The molecule has 0 aromatic rings. The summed E-state index contributed by atoms with van der Waals surface area (Å²) in [5.74, 6) is -0.968. The molecule has 6 nitrogen and oxygen atoms in total. The first kappa shape index (κ1) is 19.0. The Labute approximate surface area is 99.0 Å². The van der Waals surface area contributed by atoms with E-state index < -0.39 is 5.97 Å². The third kappa shape index (κ3) is 32.9. The SMILES string of the molecule is NCC(=O)O.OCCOCCO.[NaH]. The number of aliphatic hydroxyl groups excluding tert-OH is 2. The minimum absolute atomic E-state index is 0. The van der Waals surface area contributed by atoms with Gasteiger partial charge in [0.2, 0.25) is 0 Å². The Bertz CT molecular complexity index is 99.0. The molecular weight excluding hydrogens is 189 g/mol.